The van der Waals surface area contributed by atoms with E-state index in [0.717, 1.165) is 10.6 Å². The molecule has 0 unspecified atom stereocenters. The lowest BCUT2D eigenvalue weighted by Crippen LogP contribution is -2.13. The maximum absolute atomic E-state index is 12.4. The standard InChI is InChI=1S/C21H15N3O2S2/c25-19(14-5-2-1-3-6-14)22-16-10-8-15(9-11-16)20(26)24-21-23-17(13-28-21)18-7-4-12-27-18/h1-13H,(H,22,25)(H,23,24,26). The minimum absolute atomic E-state index is 0.193. The van der Waals surface area contributed by atoms with Crippen molar-refractivity contribution in [1.82, 2.24) is 4.98 Å². The molecule has 4 aromatic rings. The zero-order valence-corrected chi connectivity index (χ0v) is 16.2. The number of benzene rings is 2. The van der Waals surface area contributed by atoms with Gasteiger partial charge < -0.3 is 5.32 Å². The Labute approximate surface area is 169 Å². The molecule has 7 heteroatoms. The van der Waals surface area contributed by atoms with Gasteiger partial charge in [0.2, 0.25) is 0 Å². The predicted molar refractivity (Wildman–Crippen MR) is 114 cm³/mol. The molecule has 2 N–H and O–H groups in total. The Kier molecular flexibility index (Phi) is 5.27. The fourth-order valence-corrected chi connectivity index (χ4v) is 4.00. The molecule has 0 aliphatic rings. The van der Waals surface area contributed by atoms with Crippen LogP contribution in [0.25, 0.3) is 10.6 Å². The Morgan fingerprint density at radius 3 is 2.18 bits per heavy atom. The first-order chi connectivity index (χ1) is 13.7. The molecule has 2 aromatic heterocycles. The maximum Gasteiger partial charge on any atom is 0.257 e. The van der Waals surface area contributed by atoms with Gasteiger partial charge in [-0.3, -0.25) is 14.9 Å². The Hall–Kier alpha value is -3.29. The van der Waals surface area contributed by atoms with Crippen LogP contribution in [0.15, 0.2) is 77.5 Å². The molecule has 2 amide bonds. The monoisotopic (exact) mass is 405 g/mol. The normalized spacial score (nSPS) is 10.4. The van der Waals surface area contributed by atoms with E-state index >= 15 is 0 Å². The van der Waals surface area contributed by atoms with Crippen LogP contribution in [0.4, 0.5) is 10.8 Å². The molecule has 28 heavy (non-hydrogen) atoms. The van der Waals surface area contributed by atoms with Gasteiger partial charge in [-0.2, -0.15) is 0 Å². The molecule has 2 heterocycles. The molecule has 0 atom stereocenters. The Bertz CT molecular complexity index is 1090. The van der Waals surface area contributed by atoms with Gasteiger partial charge in [-0.25, -0.2) is 4.98 Å². The lowest BCUT2D eigenvalue weighted by Gasteiger charge is -2.06. The van der Waals surface area contributed by atoms with Crippen LogP contribution < -0.4 is 10.6 Å². The van der Waals surface area contributed by atoms with Gasteiger partial charge in [0.15, 0.2) is 5.13 Å². The van der Waals surface area contributed by atoms with E-state index in [9.17, 15) is 9.59 Å². The van der Waals surface area contributed by atoms with E-state index in [1.807, 2.05) is 41.1 Å². The molecule has 0 aliphatic heterocycles. The average molecular weight is 406 g/mol. The van der Waals surface area contributed by atoms with E-state index in [2.05, 4.69) is 15.6 Å². The number of aromatic nitrogens is 1. The number of rotatable bonds is 5. The van der Waals surface area contributed by atoms with Crippen molar-refractivity contribution in [2.45, 2.75) is 0 Å². The van der Waals surface area contributed by atoms with Gasteiger partial charge >= 0.3 is 0 Å². The summed E-state index contributed by atoms with van der Waals surface area (Å²) in [5, 5.41) is 10.1. The lowest BCUT2D eigenvalue weighted by atomic mass is 10.1. The summed E-state index contributed by atoms with van der Waals surface area (Å²) in [6, 6.07) is 19.7. The van der Waals surface area contributed by atoms with Crippen LogP contribution in [0.3, 0.4) is 0 Å². The summed E-state index contributed by atoms with van der Waals surface area (Å²) >= 11 is 2.99. The zero-order chi connectivity index (χ0) is 19.3. The highest BCUT2D eigenvalue weighted by atomic mass is 32.1. The fraction of sp³-hybridized carbons (Fsp3) is 0. The minimum Gasteiger partial charge on any atom is -0.322 e. The summed E-state index contributed by atoms with van der Waals surface area (Å²) in [4.78, 5) is 30.1. The van der Waals surface area contributed by atoms with Crippen LogP contribution in [-0.4, -0.2) is 16.8 Å². The molecule has 5 nitrogen and oxygen atoms in total. The number of anilines is 2. The largest absolute Gasteiger partial charge is 0.322 e. The van der Waals surface area contributed by atoms with E-state index in [1.165, 1.54) is 11.3 Å². The van der Waals surface area contributed by atoms with Crippen molar-refractivity contribution in [3.8, 4) is 10.6 Å². The van der Waals surface area contributed by atoms with Gasteiger partial charge in [0.05, 0.1) is 10.6 Å². The number of hydrogen-bond donors (Lipinski definition) is 2. The Balaban J connectivity index is 1.39. The summed E-state index contributed by atoms with van der Waals surface area (Å²) in [5.41, 5.74) is 2.55. The van der Waals surface area contributed by atoms with Gasteiger partial charge in [0.1, 0.15) is 0 Å². The molecule has 0 saturated carbocycles. The second-order valence-electron chi connectivity index (χ2n) is 5.87. The van der Waals surface area contributed by atoms with Gasteiger partial charge in [-0.05, 0) is 47.8 Å². The highest BCUT2D eigenvalue weighted by molar-refractivity contribution is 7.16. The first-order valence-corrected chi connectivity index (χ1v) is 10.2. The van der Waals surface area contributed by atoms with E-state index < -0.39 is 0 Å². The molecule has 2 aromatic carbocycles. The van der Waals surface area contributed by atoms with Crippen molar-refractivity contribution < 1.29 is 9.59 Å². The van der Waals surface area contributed by atoms with Crippen LogP contribution in [-0.2, 0) is 0 Å². The lowest BCUT2D eigenvalue weighted by molar-refractivity contribution is 0.102. The van der Waals surface area contributed by atoms with Gasteiger partial charge in [-0.1, -0.05) is 24.3 Å². The molecular formula is C21H15N3O2S2. The van der Waals surface area contributed by atoms with Gasteiger partial charge in [-0.15, -0.1) is 22.7 Å². The second-order valence-corrected chi connectivity index (χ2v) is 7.67. The fourth-order valence-electron chi connectivity index (χ4n) is 2.54. The smallest absolute Gasteiger partial charge is 0.257 e. The maximum atomic E-state index is 12.4. The van der Waals surface area contributed by atoms with Crippen molar-refractivity contribution in [1.29, 1.82) is 0 Å². The summed E-state index contributed by atoms with van der Waals surface area (Å²) in [6.07, 6.45) is 0. The number of thiazole rings is 1. The average Bonchev–Trinajstić information content (AvgIpc) is 3.41. The summed E-state index contributed by atoms with van der Waals surface area (Å²) in [6.45, 7) is 0. The van der Waals surface area contributed by atoms with Crippen LogP contribution in [0.2, 0.25) is 0 Å². The third kappa shape index (κ3) is 4.16. The molecule has 0 fully saturated rings. The molecule has 0 spiro atoms. The van der Waals surface area contributed by atoms with Crippen molar-refractivity contribution in [3.05, 3.63) is 88.6 Å². The molecular weight excluding hydrogens is 390 g/mol. The first-order valence-electron chi connectivity index (χ1n) is 8.46. The summed E-state index contributed by atoms with van der Waals surface area (Å²) in [5.74, 6) is -0.435. The SMILES string of the molecule is O=C(Nc1ccc(C(=O)Nc2nc(-c3cccs3)cs2)cc1)c1ccccc1. The molecule has 0 saturated heterocycles. The third-order valence-electron chi connectivity index (χ3n) is 3.94. The third-order valence-corrected chi connectivity index (χ3v) is 5.59. The second kappa shape index (κ2) is 8.16. The first kappa shape index (κ1) is 18.1. The molecule has 0 bridgehead atoms. The highest BCUT2D eigenvalue weighted by Crippen LogP contribution is 2.28. The van der Waals surface area contributed by atoms with Crippen molar-refractivity contribution in [2.75, 3.05) is 10.6 Å². The number of carbonyl (C=O) groups is 2. The number of nitrogens with zero attached hydrogens (tertiary/aromatic N) is 1. The predicted octanol–water partition coefficient (Wildman–Crippen LogP) is 5.38. The minimum atomic E-state index is -0.243. The Morgan fingerprint density at radius 1 is 0.750 bits per heavy atom. The molecule has 0 aliphatic carbocycles. The van der Waals surface area contributed by atoms with Gasteiger partial charge in [0, 0.05) is 22.2 Å². The van der Waals surface area contributed by atoms with E-state index in [4.69, 9.17) is 0 Å². The number of carbonyl (C=O) groups excluding carboxylic acids is 2. The number of hydrogen-bond acceptors (Lipinski definition) is 5. The summed E-state index contributed by atoms with van der Waals surface area (Å²) in [7, 11) is 0. The molecule has 4 rings (SSSR count). The van der Waals surface area contributed by atoms with E-state index in [1.54, 1.807) is 47.7 Å². The topological polar surface area (TPSA) is 71.1 Å². The van der Waals surface area contributed by atoms with Crippen molar-refractivity contribution >= 4 is 45.3 Å². The van der Waals surface area contributed by atoms with Crippen molar-refractivity contribution in [2.24, 2.45) is 0 Å². The van der Waals surface area contributed by atoms with Crippen LogP contribution in [0.5, 0.6) is 0 Å². The van der Waals surface area contributed by atoms with Crippen LogP contribution >= 0.6 is 22.7 Å². The summed E-state index contributed by atoms with van der Waals surface area (Å²) < 4.78 is 0. The highest BCUT2D eigenvalue weighted by Gasteiger charge is 2.11. The quantitative estimate of drug-likeness (QED) is 0.468. The zero-order valence-electron chi connectivity index (χ0n) is 14.6. The van der Waals surface area contributed by atoms with E-state index in [-0.39, 0.29) is 11.8 Å². The number of nitrogens with one attached hydrogen (secondary N) is 2. The van der Waals surface area contributed by atoms with Crippen LogP contribution in [0, 0.1) is 0 Å². The van der Waals surface area contributed by atoms with Crippen molar-refractivity contribution in [3.63, 3.8) is 0 Å². The number of amides is 2. The Morgan fingerprint density at radius 2 is 1.46 bits per heavy atom. The van der Waals surface area contributed by atoms with Crippen LogP contribution in [0.1, 0.15) is 20.7 Å². The van der Waals surface area contributed by atoms with Gasteiger partial charge in [0.25, 0.3) is 11.8 Å². The molecule has 0 radical (unpaired) electrons. The van der Waals surface area contributed by atoms with E-state index in [0.29, 0.717) is 21.9 Å². The number of thiophene rings is 1. The molecule has 138 valence electrons.